The van der Waals surface area contributed by atoms with Crippen LogP contribution in [0, 0.1) is 0 Å². The Hall–Kier alpha value is -4.82. The van der Waals surface area contributed by atoms with Crippen molar-refractivity contribution in [3.05, 3.63) is 145 Å². The van der Waals surface area contributed by atoms with Gasteiger partial charge in [-0.3, -0.25) is 0 Å². The molecule has 2 heterocycles. The molecule has 2 aliphatic rings. The number of hydrogen-bond acceptors (Lipinski definition) is 5. The molecule has 268 valence electrons. The first-order valence-electron chi connectivity index (χ1n) is 18.0. The summed E-state index contributed by atoms with van der Waals surface area (Å²) in [6, 6.07) is 45.5. The number of hydrogen-bond donors (Lipinski definition) is 0. The topological polar surface area (TPSA) is 54.0 Å². The van der Waals surface area contributed by atoms with Crippen LogP contribution in [0.2, 0.25) is 0 Å². The van der Waals surface area contributed by atoms with Crippen LogP contribution >= 0.6 is 15.1 Å². The molecule has 0 bridgehead atoms. The van der Waals surface area contributed by atoms with Gasteiger partial charge in [0.05, 0.1) is 0 Å². The predicted molar refractivity (Wildman–Crippen MR) is 220 cm³/mol. The molecule has 7 heteroatoms. The molecule has 0 N–H and O–H groups in total. The van der Waals surface area contributed by atoms with E-state index in [2.05, 4.69) is 114 Å². The van der Waals surface area contributed by atoms with Gasteiger partial charge >= 0.3 is 0 Å². The first-order valence-corrected chi connectivity index (χ1v) is 21.1. The van der Waals surface area contributed by atoms with Gasteiger partial charge < -0.3 is 23.5 Å². The summed E-state index contributed by atoms with van der Waals surface area (Å²) in [6.45, 7) is 13.2. The van der Waals surface area contributed by atoms with E-state index in [4.69, 9.17) is 18.9 Å². The molecule has 6 aromatic rings. The van der Waals surface area contributed by atoms with Gasteiger partial charge in [0.25, 0.3) is 0 Å². The van der Waals surface area contributed by atoms with Crippen molar-refractivity contribution in [3.63, 3.8) is 0 Å². The zero-order valence-electron chi connectivity index (χ0n) is 31.1. The summed E-state index contributed by atoms with van der Waals surface area (Å²) >= 11 is 0. The Bertz CT molecular complexity index is 2250. The van der Waals surface area contributed by atoms with E-state index in [0.717, 1.165) is 38.2 Å². The van der Waals surface area contributed by atoms with E-state index in [1.54, 1.807) is 0 Å². The number of ether oxygens (including phenoxy) is 4. The van der Waals surface area contributed by atoms with Crippen molar-refractivity contribution < 1.29 is 23.5 Å². The first kappa shape index (κ1) is 35.2. The van der Waals surface area contributed by atoms with Crippen LogP contribution in [0.1, 0.15) is 52.7 Å². The fourth-order valence-corrected chi connectivity index (χ4v) is 12.8. The molecule has 0 fully saturated rings. The van der Waals surface area contributed by atoms with Gasteiger partial charge in [-0.15, -0.1) is 0 Å². The maximum atomic E-state index is 16.7. The number of benzene rings is 6. The van der Waals surface area contributed by atoms with E-state index < -0.39 is 15.1 Å². The maximum Gasteiger partial charge on any atom is 0.231 e. The Morgan fingerprint density at radius 2 is 0.868 bits per heavy atom. The second-order valence-corrected chi connectivity index (χ2v) is 20.5. The minimum absolute atomic E-state index is 0.0525. The summed E-state index contributed by atoms with van der Waals surface area (Å²) in [5.41, 5.74) is 2.91. The lowest BCUT2D eigenvalue weighted by Crippen LogP contribution is -2.30. The fourth-order valence-electron chi connectivity index (χ4n) is 7.42. The SMILES string of the molecule is CC(C)(C)c1cc(P(c2ccccc2)c2ccccc2)c(-c2c(P(=O)(c3ccccc3)c3ccccc3)cc(C(C)(C)C)c3c2OCO3)c2c1OCO2. The maximum absolute atomic E-state index is 16.7. The van der Waals surface area contributed by atoms with Crippen LogP contribution in [0.15, 0.2) is 133 Å². The van der Waals surface area contributed by atoms with Gasteiger partial charge in [-0.05, 0) is 46.8 Å². The van der Waals surface area contributed by atoms with Crippen LogP contribution in [0.5, 0.6) is 23.0 Å². The molecule has 6 aromatic carbocycles. The Morgan fingerprint density at radius 1 is 0.491 bits per heavy atom. The molecule has 0 aromatic heterocycles. The van der Waals surface area contributed by atoms with Crippen LogP contribution in [-0.4, -0.2) is 13.6 Å². The Balaban J connectivity index is 1.59. The monoisotopic (exact) mass is 738 g/mol. The molecule has 0 radical (unpaired) electrons. The molecule has 8 rings (SSSR count). The quantitative estimate of drug-likeness (QED) is 0.153. The molecule has 2 aliphatic heterocycles. The van der Waals surface area contributed by atoms with Crippen molar-refractivity contribution in [1.82, 2.24) is 0 Å². The zero-order valence-corrected chi connectivity index (χ0v) is 32.8. The predicted octanol–water partition coefficient (Wildman–Crippen LogP) is 8.80. The third-order valence-corrected chi connectivity index (χ3v) is 15.5. The Morgan fingerprint density at radius 3 is 1.30 bits per heavy atom. The molecule has 5 nitrogen and oxygen atoms in total. The van der Waals surface area contributed by atoms with Crippen LogP contribution in [-0.2, 0) is 15.4 Å². The second-order valence-electron chi connectivity index (χ2n) is 15.6. The second kappa shape index (κ2) is 13.5. The summed E-state index contributed by atoms with van der Waals surface area (Å²) in [7, 11) is -4.77. The number of rotatable bonds is 7. The molecule has 0 spiro atoms. The molecule has 0 atom stereocenters. The summed E-state index contributed by atoms with van der Waals surface area (Å²) in [5.74, 6) is 2.60. The van der Waals surface area contributed by atoms with Crippen LogP contribution in [0.3, 0.4) is 0 Å². The van der Waals surface area contributed by atoms with Gasteiger partial charge in [0.15, 0.2) is 30.1 Å². The molecule has 0 amide bonds. The van der Waals surface area contributed by atoms with Gasteiger partial charge in [0.1, 0.15) is 0 Å². The first-order chi connectivity index (χ1) is 25.5. The highest BCUT2D eigenvalue weighted by Gasteiger charge is 2.43. The summed E-state index contributed by atoms with van der Waals surface area (Å²) in [6.07, 6.45) is 0. The van der Waals surface area contributed by atoms with E-state index >= 15 is 4.57 Å². The molecule has 0 unspecified atom stereocenters. The highest BCUT2D eigenvalue weighted by Crippen LogP contribution is 2.58. The van der Waals surface area contributed by atoms with Crippen LogP contribution in [0.25, 0.3) is 11.1 Å². The summed E-state index contributed by atoms with van der Waals surface area (Å²) in [4.78, 5) is 0. The van der Waals surface area contributed by atoms with Gasteiger partial charge in [-0.2, -0.15) is 0 Å². The van der Waals surface area contributed by atoms with Crippen molar-refractivity contribution in [2.75, 3.05) is 13.6 Å². The van der Waals surface area contributed by atoms with Crippen LogP contribution in [0.4, 0.5) is 0 Å². The van der Waals surface area contributed by atoms with Gasteiger partial charge in [-0.25, -0.2) is 0 Å². The minimum atomic E-state index is -3.60. The molecule has 53 heavy (non-hydrogen) atoms. The van der Waals surface area contributed by atoms with Crippen molar-refractivity contribution >= 4 is 46.9 Å². The van der Waals surface area contributed by atoms with Crippen LogP contribution < -0.4 is 50.8 Å². The summed E-state index contributed by atoms with van der Waals surface area (Å²) < 4.78 is 42.7. The van der Waals surface area contributed by atoms with E-state index in [-0.39, 0.29) is 24.4 Å². The normalized spacial score (nSPS) is 13.8. The fraction of sp³-hybridized carbons (Fsp3) is 0.217. The van der Waals surface area contributed by atoms with Gasteiger partial charge in [0.2, 0.25) is 13.6 Å². The standard InChI is InChI=1S/C46H44O5P2/c1-45(2,3)35-27-37(52(31-19-11-7-12-20-31)32-21-13-8-14-22-32)39(43-41(35)48-29-50-43)40-38(28-36(46(4,5)6)42-44(40)51-30-49-42)53(47,33-23-15-9-16-24-33)34-25-17-10-18-26-34/h7-28H,29-30H2,1-6H3. The van der Waals surface area contributed by atoms with Gasteiger partial charge in [-0.1, -0.05) is 163 Å². The highest BCUT2D eigenvalue weighted by atomic mass is 31.2. The third-order valence-electron chi connectivity index (χ3n) is 9.96. The molecule has 0 saturated heterocycles. The lowest BCUT2D eigenvalue weighted by Gasteiger charge is -2.31. The largest absolute Gasteiger partial charge is 0.453 e. The average molecular weight is 739 g/mol. The molecular formula is C46H44O5P2. The van der Waals surface area contributed by atoms with Gasteiger partial charge in [0, 0.05) is 38.2 Å². The zero-order chi connectivity index (χ0) is 37.0. The van der Waals surface area contributed by atoms with E-state index in [0.29, 0.717) is 28.3 Å². The number of fused-ring (bicyclic) bond motifs is 2. The third kappa shape index (κ3) is 6.15. The lowest BCUT2D eigenvalue weighted by atomic mass is 9.83. The van der Waals surface area contributed by atoms with Crippen molar-refractivity contribution in [1.29, 1.82) is 0 Å². The highest BCUT2D eigenvalue weighted by molar-refractivity contribution is 7.85. The Kier molecular flexibility index (Phi) is 9.00. The minimum Gasteiger partial charge on any atom is -0.453 e. The molecule has 0 saturated carbocycles. The van der Waals surface area contributed by atoms with Crippen molar-refractivity contribution in [2.45, 2.75) is 52.4 Å². The molecule has 0 aliphatic carbocycles. The Labute approximate surface area is 314 Å². The van der Waals surface area contributed by atoms with Crippen molar-refractivity contribution in [2.24, 2.45) is 0 Å². The molecular weight excluding hydrogens is 694 g/mol. The lowest BCUT2D eigenvalue weighted by molar-refractivity contribution is 0.171. The van der Waals surface area contributed by atoms with E-state index in [9.17, 15) is 0 Å². The smallest absolute Gasteiger partial charge is 0.231 e. The summed E-state index contributed by atoms with van der Waals surface area (Å²) in [5, 5.41) is 5.60. The van der Waals surface area contributed by atoms with Crippen molar-refractivity contribution in [3.8, 4) is 34.1 Å². The van der Waals surface area contributed by atoms with E-state index in [1.807, 2.05) is 60.7 Å². The van der Waals surface area contributed by atoms with E-state index in [1.165, 1.54) is 10.6 Å². The average Bonchev–Trinajstić information content (AvgIpc) is 3.86.